The third-order valence-electron chi connectivity index (χ3n) is 2.46. The van der Waals surface area contributed by atoms with E-state index < -0.39 is 21.7 Å². The van der Waals surface area contributed by atoms with E-state index in [1.54, 1.807) is 13.0 Å². The summed E-state index contributed by atoms with van der Waals surface area (Å²) in [6.07, 6.45) is 0.402. The van der Waals surface area contributed by atoms with Crippen molar-refractivity contribution < 1.29 is 18.7 Å². The molecule has 2 atom stereocenters. The second kappa shape index (κ2) is 6.98. The summed E-state index contributed by atoms with van der Waals surface area (Å²) < 4.78 is 16.9. The topological polar surface area (TPSA) is 86.5 Å². The van der Waals surface area contributed by atoms with E-state index in [-0.39, 0.29) is 22.4 Å². The first kappa shape index (κ1) is 15.3. The van der Waals surface area contributed by atoms with Crippen LogP contribution in [0.25, 0.3) is 0 Å². The van der Waals surface area contributed by atoms with Crippen molar-refractivity contribution in [3.63, 3.8) is 0 Å². The first-order chi connectivity index (χ1) is 8.95. The van der Waals surface area contributed by atoms with Crippen LogP contribution in [0.3, 0.4) is 0 Å². The van der Waals surface area contributed by atoms with Gasteiger partial charge in [-0.25, -0.2) is 0 Å². The summed E-state index contributed by atoms with van der Waals surface area (Å²) in [5.74, 6) is -0.999. The highest BCUT2D eigenvalue weighted by atomic mass is 32.2. The molecule has 0 fully saturated rings. The third-order valence-corrected chi connectivity index (χ3v) is 3.80. The summed E-state index contributed by atoms with van der Waals surface area (Å²) in [4.78, 5) is 21.7. The Morgan fingerprint density at radius 2 is 2.11 bits per heavy atom. The molecule has 6 nitrogen and oxygen atoms in total. The third kappa shape index (κ3) is 4.44. The van der Waals surface area contributed by atoms with Crippen molar-refractivity contribution in [2.45, 2.75) is 31.3 Å². The Kier molecular flexibility index (Phi) is 5.62. The van der Waals surface area contributed by atoms with Gasteiger partial charge in [-0.2, -0.15) is 0 Å². The van der Waals surface area contributed by atoms with Crippen LogP contribution < -0.4 is 0 Å². The van der Waals surface area contributed by atoms with Crippen LogP contribution in [-0.2, 0) is 20.3 Å². The molecule has 0 aliphatic carbocycles. The van der Waals surface area contributed by atoms with Gasteiger partial charge in [-0.15, -0.1) is 0 Å². The van der Waals surface area contributed by atoms with Crippen LogP contribution in [0.2, 0.25) is 0 Å². The van der Waals surface area contributed by atoms with E-state index in [2.05, 4.69) is 0 Å². The Labute approximate surface area is 113 Å². The van der Waals surface area contributed by atoms with Gasteiger partial charge in [0, 0.05) is 6.07 Å². The number of nitro groups is 1. The molecule has 0 radical (unpaired) electrons. The van der Waals surface area contributed by atoms with E-state index in [4.69, 9.17) is 4.74 Å². The monoisotopic (exact) mass is 285 g/mol. The Hall–Kier alpha value is -1.76. The molecule has 1 aromatic rings. The molecule has 0 saturated heterocycles. The number of nitrogens with zero attached hydrogens (tertiary/aromatic N) is 1. The predicted octanol–water partition coefficient (Wildman–Crippen LogP) is 2.04. The zero-order valence-electron chi connectivity index (χ0n) is 10.7. The van der Waals surface area contributed by atoms with Crippen LogP contribution in [-0.4, -0.2) is 27.0 Å². The van der Waals surface area contributed by atoms with Crippen molar-refractivity contribution >= 4 is 22.5 Å². The van der Waals surface area contributed by atoms with E-state index in [1.165, 1.54) is 18.2 Å². The molecule has 0 amide bonds. The summed E-state index contributed by atoms with van der Waals surface area (Å²) in [5, 5.41) is 10.8. The molecule has 0 unspecified atom stereocenters. The first-order valence-electron chi connectivity index (χ1n) is 5.77. The normalized spacial score (nSPS) is 13.6. The quantitative estimate of drug-likeness (QED) is 0.453. The lowest BCUT2D eigenvalue weighted by atomic mass is 10.3. The molecular weight excluding hydrogens is 270 g/mol. The molecule has 0 saturated carbocycles. The smallest absolute Gasteiger partial charge is 0.319 e. The van der Waals surface area contributed by atoms with Crippen molar-refractivity contribution in [2.24, 2.45) is 0 Å². The average Bonchev–Trinajstić information content (AvgIpc) is 2.38. The van der Waals surface area contributed by atoms with Gasteiger partial charge in [-0.3, -0.25) is 19.1 Å². The van der Waals surface area contributed by atoms with Gasteiger partial charge in [0.1, 0.15) is 10.6 Å². The summed E-state index contributed by atoms with van der Waals surface area (Å²) in [5.41, 5.74) is -0.253. The molecule has 0 heterocycles. The standard InChI is InChI=1S/C12H15NO5S/c1-3-9(2)18-12(14)8-19(17)11-7-5-4-6-10(11)13(15)16/h4-7,9H,3,8H2,1-2H3/t9-,19-/m1/s1. The lowest BCUT2D eigenvalue weighted by Gasteiger charge is -2.10. The van der Waals surface area contributed by atoms with Crippen LogP contribution in [0.15, 0.2) is 29.2 Å². The number of para-hydroxylation sites is 1. The largest absolute Gasteiger partial charge is 0.462 e. The van der Waals surface area contributed by atoms with E-state index in [0.717, 1.165) is 0 Å². The van der Waals surface area contributed by atoms with Crippen molar-refractivity contribution in [2.75, 3.05) is 5.75 Å². The Bertz CT molecular complexity index is 503. The predicted molar refractivity (Wildman–Crippen MR) is 70.2 cm³/mol. The minimum Gasteiger partial charge on any atom is -0.462 e. The van der Waals surface area contributed by atoms with Crippen molar-refractivity contribution in [3.8, 4) is 0 Å². The minimum atomic E-state index is -1.78. The highest BCUT2D eigenvalue weighted by Gasteiger charge is 2.21. The van der Waals surface area contributed by atoms with Crippen molar-refractivity contribution in [1.82, 2.24) is 0 Å². The SMILES string of the molecule is CC[C@@H](C)OC(=O)C[S@@](=O)c1ccccc1[N+](=O)[O-]. The maximum atomic E-state index is 12.0. The number of hydrogen-bond acceptors (Lipinski definition) is 5. The maximum Gasteiger partial charge on any atom is 0.319 e. The Morgan fingerprint density at radius 3 is 2.68 bits per heavy atom. The van der Waals surface area contributed by atoms with Crippen molar-refractivity contribution in [1.29, 1.82) is 0 Å². The summed E-state index contributed by atoms with van der Waals surface area (Å²) in [6, 6.07) is 5.66. The van der Waals surface area contributed by atoms with Gasteiger partial charge in [0.05, 0.1) is 21.8 Å². The molecule has 0 aliphatic rings. The summed E-state index contributed by atoms with van der Waals surface area (Å²) in [7, 11) is -1.78. The number of carbonyl (C=O) groups excluding carboxylic acids is 1. The number of ether oxygens (including phenoxy) is 1. The molecule has 104 valence electrons. The average molecular weight is 285 g/mol. The van der Waals surface area contributed by atoms with Crippen LogP contribution in [0.5, 0.6) is 0 Å². The number of carbonyl (C=O) groups is 1. The minimum absolute atomic E-state index is 0.0357. The fourth-order valence-electron chi connectivity index (χ4n) is 1.33. The Morgan fingerprint density at radius 1 is 1.47 bits per heavy atom. The van der Waals surface area contributed by atoms with Crippen LogP contribution in [0.4, 0.5) is 5.69 Å². The number of rotatable bonds is 6. The highest BCUT2D eigenvalue weighted by molar-refractivity contribution is 7.85. The van der Waals surface area contributed by atoms with E-state index in [9.17, 15) is 19.1 Å². The fraction of sp³-hybridized carbons (Fsp3) is 0.417. The molecule has 1 rings (SSSR count). The molecule has 0 bridgehead atoms. The van der Waals surface area contributed by atoms with Gasteiger partial charge in [0.25, 0.3) is 5.69 Å². The van der Waals surface area contributed by atoms with Gasteiger partial charge in [0.2, 0.25) is 0 Å². The van der Waals surface area contributed by atoms with Gasteiger partial charge in [-0.1, -0.05) is 19.1 Å². The van der Waals surface area contributed by atoms with Crippen LogP contribution in [0, 0.1) is 10.1 Å². The van der Waals surface area contributed by atoms with Crippen LogP contribution >= 0.6 is 0 Å². The summed E-state index contributed by atoms with van der Waals surface area (Å²) >= 11 is 0. The van der Waals surface area contributed by atoms with E-state index in [1.807, 2.05) is 6.92 Å². The van der Waals surface area contributed by atoms with E-state index >= 15 is 0 Å². The first-order valence-corrected chi connectivity index (χ1v) is 7.08. The van der Waals surface area contributed by atoms with Gasteiger partial charge < -0.3 is 4.74 Å². The number of hydrogen-bond donors (Lipinski definition) is 0. The van der Waals surface area contributed by atoms with Gasteiger partial charge in [0.15, 0.2) is 0 Å². The molecular formula is C12H15NO5S. The van der Waals surface area contributed by atoms with Gasteiger partial charge in [-0.05, 0) is 19.4 Å². The Balaban J connectivity index is 2.79. The highest BCUT2D eigenvalue weighted by Crippen LogP contribution is 2.21. The molecule has 0 aromatic heterocycles. The molecule has 7 heteroatoms. The molecule has 0 N–H and O–H groups in total. The maximum absolute atomic E-state index is 12.0. The van der Waals surface area contributed by atoms with Crippen molar-refractivity contribution in [3.05, 3.63) is 34.4 Å². The number of nitro benzene ring substituents is 1. The molecule has 0 spiro atoms. The molecule has 19 heavy (non-hydrogen) atoms. The fourth-order valence-corrected chi connectivity index (χ4v) is 2.37. The molecule has 1 aromatic carbocycles. The number of esters is 1. The number of benzene rings is 1. The van der Waals surface area contributed by atoms with Crippen LogP contribution in [0.1, 0.15) is 20.3 Å². The lowest BCUT2D eigenvalue weighted by Crippen LogP contribution is -2.20. The zero-order chi connectivity index (χ0) is 14.4. The zero-order valence-corrected chi connectivity index (χ0v) is 11.5. The second-order valence-corrected chi connectivity index (χ2v) is 5.34. The summed E-state index contributed by atoms with van der Waals surface area (Å²) in [6.45, 7) is 3.59. The van der Waals surface area contributed by atoms with E-state index in [0.29, 0.717) is 6.42 Å². The van der Waals surface area contributed by atoms with Gasteiger partial charge >= 0.3 is 5.97 Å². The molecule has 0 aliphatic heterocycles. The second-order valence-electron chi connectivity index (χ2n) is 3.92. The lowest BCUT2D eigenvalue weighted by molar-refractivity contribution is -0.387.